The van der Waals surface area contributed by atoms with E-state index in [1.165, 1.54) is 71.4 Å². The summed E-state index contributed by atoms with van der Waals surface area (Å²) in [5.74, 6) is 0.715. The Balaban J connectivity index is 1.08. The SMILES string of the molecule is CC1(C)c2c(cccc2-c2ccc(-c3ccc(-c4nc(-c5ccccc5)cc(-c5ccccc5)n4)c4ccccc34)c3ccccc23)-c2ccc3ccccc3c21. The molecule has 0 unspecified atom stereocenters. The summed E-state index contributed by atoms with van der Waals surface area (Å²) in [4.78, 5) is 10.4. The molecule has 57 heavy (non-hydrogen) atoms. The van der Waals surface area contributed by atoms with Crippen molar-refractivity contribution >= 4 is 32.3 Å². The molecule has 1 aliphatic rings. The minimum absolute atomic E-state index is 0.172. The number of aromatic nitrogens is 2. The lowest BCUT2D eigenvalue weighted by Crippen LogP contribution is -2.17. The van der Waals surface area contributed by atoms with Crippen molar-refractivity contribution in [3.63, 3.8) is 0 Å². The Bertz CT molecular complexity index is 3140. The van der Waals surface area contributed by atoms with Crippen LogP contribution in [0.1, 0.15) is 25.0 Å². The predicted octanol–water partition coefficient (Wildman–Crippen LogP) is 14.6. The van der Waals surface area contributed by atoms with E-state index in [2.05, 4.69) is 196 Å². The third kappa shape index (κ3) is 5.25. The third-order valence-electron chi connectivity index (χ3n) is 12.1. The molecule has 0 N–H and O–H groups in total. The summed E-state index contributed by atoms with van der Waals surface area (Å²) in [6, 6.07) is 70.0. The van der Waals surface area contributed by atoms with Crippen molar-refractivity contribution in [3.8, 4) is 67.3 Å². The molecule has 0 saturated heterocycles. The van der Waals surface area contributed by atoms with Crippen LogP contribution in [0.15, 0.2) is 194 Å². The summed E-state index contributed by atoms with van der Waals surface area (Å²) in [6.45, 7) is 4.81. The Morgan fingerprint density at radius 1 is 0.316 bits per heavy atom. The Morgan fingerprint density at radius 2 is 0.719 bits per heavy atom. The molecule has 2 heteroatoms. The van der Waals surface area contributed by atoms with E-state index in [4.69, 9.17) is 9.97 Å². The highest BCUT2D eigenvalue weighted by Gasteiger charge is 2.39. The minimum atomic E-state index is -0.172. The molecule has 268 valence electrons. The van der Waals surface area contributed by atoms with Crippen molar-refractivity contribution in [2.24, 2.45) is 0 Å². The molecule has 2 nitrogen and oxygen atoms in total. The van der Waals surface area contributed by atoms with Gasteiger partial charge >= 0.3 is 0 Å². The first kappa shape index (κ1) is 33.2. The number of rotatable bonds is 5. The molecule has 11 rings (SSSR count). The largest absolute Gasteiger partial charge is 0.228 e. The van der Waals surface area contributed by atoms with Crippen LogP contribution < -0.4 is 0 Å². The van der Waals surface area contributed by atoms with E-state index in [1.54, 1.807) is 0 Å². The molecule has 10 aromatic rings. The van der Waals surface area contributed by atoms with Crippen LogP contribution >= 0.6 is 0 Å². The van der Waals surface area contributed by atoms with Crippen molar-refractivity contribution in [2.45, 2.75) is 19.3 Å². The quantitative estimate of drug-likeness (QED) is 0.176. The zero-order valence-corrected chi connectivity index (χ0v) is 31.9. The molecular formula is C55H38N2. The van der Waals surface area contributed by atoms with Crippen LogP contribution in [0.3, 0.4) is 0 Å². The maximum absolute atomic E-state index is 5.21. The number of hydrogen-bond acceptors (Lipinski definition) is 2. The van der Waals surface area contributed by atoms with E-state index in [1.807, 2.05) is 12.1 Å². The van der Waals surface area contributed by atoms with Crippen LogP contribution in [0, 0.1) is 0 Å². The van der Waals surface area contributed by atoms with Crippen molar-refractivity contribution in [1.82, 2.24) is 9.97 Å². The molecule has 0 aliphatic heterocycles. The Labute approximate surface area is 332 Å². The first-order chi connectivity index (χ1) is 28.0. The summed E-state index contributed by atoms with van der Waals surface area (Å²) in [5.41, 5.74) is 15.2. The van der Waals surface area contributed by atoms with Crippen molar-refractivity contribution in [1.29, 1.82) is 0 Å². The highest BCUT2D eigenvalue weighted by atomic mass is 14.9. The highest BCUT2D eigenvalue weighted by Crippen LogP contribution is 2.55. The Morgan fingerprint density at radius 3 is 1.28 bits per heavy atom. The van der Waals surface area contributed by atoms with Gasteiger partial charge in [0.1, 0.15) is 0 Å². The van der Waals surface area contributed by atoms with Gasteiger partial charge in [-0.3, -0.25) is 0 Å². The maximum Gasteiger partial charge on any atom is 0.161 e. The maximum atomic E-state index is 5.21. The van der Waals surface area contributed by atoms with Gasteiger partial charge in [0.05, 0.1) is 11.4 Å². The van der Waals surface area contributed by atoms with Gasteiger partial charge in [-0.05, 0) is 89.0 Å². The fourth-order valence-electron chi connectivity index (χ4n) is 9.55. The fourth-order valence-corrected chi connectivity index (χ4v) is 9.55. The lowest BCUT2D eigenvalue weighted by Gasteiger charge is -2.26. The van der Waals surface area contributed by atoms with Crippen LogP contribution in [0.5, 0.6) is 0 Å². The number of benzene rings is 9. The monoisotopic (exact) mass is 726 g/mol. The molecule has 0 radical (unpaired) electrons. The van der Waals surface area contributed by atoms with Crippen LogP contribution in [0.2, 0.25) is 0 Å². The van der Waals surface area contributed by atoms with Crippen LogP contribution in [0.25, 0.3) is 99.6 Å². The van der Waals surface area contributed by atoms with E-state index in [0.717, 1.165) is 33.5 Å². The molecule has 9 aromatic carbocycles. The lowest BCUT2D eigenvalue weighted by atomic mass is 9.76. The molecule has 1 aromatic heterocycles. The predicted molar refractivity (Wildman–Crippen MR) is 239 cm³/mol. The van der Waals surface area contributed by atoms with Crippen LogP contribution in [-0.2, 0) is 5.41 Å². The highest BCUT2D eigenvalue weighted by molar-refractivity contribution is 6.13. The summed E-state index contributed by atoms with van der Waals surface area (Å²) in [5, 5.41) is 7.41. The van der Waals surface area contributed by atoms with Gasteiger partial charge in [-0.15, -0.1) is 0 Å². The minimum Gasteiger partial charge on any atom is -0.228 e. The average Bonchev–Trinajstić information content (AvgIpc) is 3.52. The van der Waals surface area contributed by atoms with Gasteiger partial charge < -0.3 is 0 Å². The zero-order valence-electron chi connectivity index (χ0n) is 31.9. The molecule has 0 saturated carbocycles. The van der Waals surface area contributed by atoms with Crippen molar-refractivity contribution in [2.75, 3.05) is 0 Å². The van der Waals surface area contributed by atoms with E-state index in [9.17, 15) is 0 Å². The second kappa shape index (κ2) is 13.0. The van der Waals surface area contributed by atoms with Crippen LogP contribution in [0.4, 0.5) is 0 Å². The van der Waals surface area contributed by atoms with Crippen molar-refractivity contribution < 1.29 is 0 Å². The zero-order chi connectivity index (χ0) is 38.1. The first-order valence-corrected chi connectivity index (χ1v) is 19.8. The van der Waals surface area contributed by atoms with Gasteiger partial charge in [-0.1, -0.05) is 196 Å². The first-order valence-electron chi connectivity index (χ1n) is 19.8. The Kier molecular flexibility index (Phi) is 7.55. The number of hydrogen-bond donors (Lipinski definition) is 0. The third-order valence-corrected chi connectivity index (χ3v) is 12.1. The second-order valence-corrected chi connectivity index (χ2v) is 15.7. The smallest absolute Gasteiger partial charge is 0.161 e. The molecule has 0 spiro atoms. The van der Waals surface area contributed by atoms with Gasteiger partial charge in [0.15, 0.2) is 5.82 Å². The molecule has 0 fully saturated rings. The summed E-state index contributed by atoms with van der Waals surface area (Å²) in [7, 11) is 0. The van der Waals surface area contributed by atoms with Crippen LogP contribution in [-0.4, -0.2) is 9.97 Å². The standard InChI is InChI=1S/C55H38N2/c1-55(2)52-38-21-10-9-16-35(38)28-29-48(52)47-27-15-26-46(53(47)55)45-31-30-43(39-22-11-12-23-40(39)45)44-32-33-49(42-25-14-13-24-41(42)44)54-56-50(36-17-5-3-6-18-36)34-51(57-54)37-19-7-4-8-20-37/h3-34H,1-2H3. The number of fused-ring (bicyclic) bond motifs is 7. The van der Waals surface area contributed by atoms with E-state index < -0.39 is 0 Å². The molecule has 0 bridgehead atoms. The van der Waals surface area contributed by atoms with Gasteiger partial charge in [-0.25, -0.2) is 9.97 Å². The topological polar surface area (TPSA) is 25.8 Å². The van der Waals surface area contributed by atoms with Gasteiger partial charge in [0.25, 0.3) is 0 Å². The van der Waals surface area contributed by atoms with Crippen molar-refractivity contribution in [3.05, 3.63) is 205 Å². The molecule has 1 heterocycles. The van der Waals surface area contributed by atoms with Gasteiger partial charge in [-0.2, -0.15) is 0 Å². The van der Waals surface area contributed by atoms with Gasteiger partial charge in [0.2, 0.25) is 0 Å². The second-order valence-electron chi connectivity index (χ2n) is 15.7. The average molecular weight is 727 g/mol. The molecule has 0 amide bonds. The summed E-state index contributed by atoms with van der Waals surface area (Å²) < 4.78 is 0. The fraction of sp³-hybridized carbons (Fsp3) is 0.0545. The molecule has 0 atom stereocenters. The normalized spacial score (nSPS) is 12.9. The molecule has 1 aliphatic carbocycles. The van der Waals surface area contributed by atoms with E-state index in [0.29, 0.717) is 5.82 Å². The summed E-state index contributed by atoms with van der Waals surface area (Å²) >= 11 is 0. The lowest BCUT2D eigenvalue weighted by molar-refractivity contribution is 0.668. The number of nitrogens with zero attached hydrogens (tertiary/aromatic N) is 2. The van der Waals surface area contributed by atoms with E-state index >= 15 is 0 Å². The van der Waals surface area contributed by atoms with Gasteiger partial charge in [0, 0.05) is 22.1 Å². The molecular weight excluding hydrogens is 689 g/mol. The summed E-state index contributed by atoms with van der Waals surface area (Å²) in [6.07, 6.45) is 0. The van der Waals surface area contributed by atoms with E-state index in [-0.39, 0.29) is 5.41 Å². The Hall–Kier alpha value is -7.16.